The van der Waals surface area contributed by atoms with Crippen LogP contribution < -0.4 is 26.8 Å². The van der Waals surface area contributed by atoms with Crippen LogP contribution in [0.2, 0.25) is 0 Å². The van der Waals surface area contributed by atoms with Crippen molar-refractivity contribution in [1.29, 1.82) is 0 Å². The Bertz CT molecular complexity index is 2000. The molecule has 22 heteroatoms. The SMILES string of the molecule is CC[NH+](C1(C)CCCCC1)C1(C)CCCCC1.Fc1c(F)c(F)c([B-](c2c(F)c(F)c(F)c(F)c2F)(c2c(F)c(F)c(F)c(F)c2F)c2c(F)c(F)c(F)c(F)c2F)c(F)c1F. The number of rotatable bonds is 7. The van der Waals surface area contributed by atoms with Crippen molar-refractivity contribution in [2.45, 2.75) is 96.1 Å². The highest BCUT2D eigenvalue weighted by Crippen LogP contribution is 2.33. The first-order valence-corrected chi connectivity index (χ1v) is 18.9. The van der Waals surface area contributed by atoms with Crippen LogP contribution in [0.25, 0.3) is 0 Å². The number of halogens is 20. The number of hydrogen-bond acceptors (Lipinski definition) is 0. The van der Waals surface area contributed by atoms with Gasteiger partial charge < -0.3 is 4.90 Å². The minimum absolute atomic E-state index is 0.582. The molecular formula is C40H32BF20N. The Morgan fingerprint density at radius 3 is 0.629 bits per heavy atom. The molecule has 1 N–H and O–H groups in total. The van der Waals surface area contributed by atoms with Gasteiger partial charge in [0.1, 0.15) is 52.7 Å². The van der Waals surface area contributed by atoms with Crippen LogP contribution in [0.4, 0.5) is 87.8 Å². The predicted molar refractivity (Wildman–Crippen MR) is 184 cm³/mol. The normalized spacial score (nSPS) is 16.5. The summed E-state index contributed by atoms with van der Waals surface area (Å²) in [5.41, 5.74) is -13.2. The van der Waals surface area contributed by atoms with Crippen LogP contribution in [0.5, 0.6) is 0 Å². The van der Waals surface area contributed by atoms with E-state index in [0.717, 1.165) is 0 Å². The third-order valence-electron chi connectivity index (χ3n) is 12.4. The molecule has 62 heavy (non-hydrogen) atoms. The van der Waals surface area contributed by atoms with Gasteiger partial charge in [-0.1, -0.05) is 12.8 Å². The molecule has 2 aliphatic carbocycles. The topological polar surface area (TPSA) is 4.44 Å². The van der Waals surface area contributed by atoms with Crippen molar-refractivity contribution in [3.8, 4) is 0 Å². The molecule has 6 rings (SSSR count). The van der Waals surface area contributed by atoms with E-state index in [1.165, 1.54) is 70.8 Å². The monoisotopic (exact) mass is 917 g/mol. The lowest BCUT2D eigenvalue weighted by atomic mass is 9.12. The van der Waals surface area contributed by atoms with E-state index >= 15 is 35.1 Å². The van der Waals surface area contributed by atoms with Gasteiger partial charge in [-0.25, -0.2) is 87.8 Å². The average molecular weight is 917 g/mol. The first kappa shape index (κ1) is 48.5. The van der Waals surface area contributed by atoms with Crippen LogP contribution in [-0.4, -0.2) is 23.8 Å². The summed E-state index contributed by atoms with van der Waals surface area (Å²) >= 11 is 0. The lowest BCUT2D eigenvalue weighted by Gasteiger charge is -2.51. The first-order valence-electron chi connectivity index (χ1n) is 18.9. The van der Waals surface area contributed by atoms with Gasteiger partial charge in [0.05, 0.1) is 17.6 Å². The molecule has 2 saturated carbocycles. The molecule has 0 amide bonds. The molecule has 0 bridgehead atoms. The number of quaternary nitrogens is 1. The summed E-state index contributed by atoms with van der Waals surface area (Å²) in [4.78, 5) is 1.93. The molecule has 0 unspecified atom stereocenters. The van der Waals surface area contributed by atoms with Crippen LogP contribution >= 0.6 is 0 Å². The van der Waals surface area contributed by atoms with Crippen LogP contribution in [0.1, 0.15) is 85.0 Å². The Hall–Kier alpha value is -4.50. The Morgan fingerprint density at radius 1 is 0.306 bits per heavy atom. The highest BCUT2D eigenvalue weighted by Gasteiger charge is 2.53. The third-order valence-corrected chi connectivity index (χ3v) is 12.4. The van der Waals surface area contributed by atoms with Crippen molar-refractivity contribution >= 4 is 28.0 Å². The fourth-order valence-corrected chi connectivity index (χ4v) is 9.72. The molecule has 0 atom stereocenters. The minimum atomic E-state index is -7.22. The van der Waals surface area contributed by atoms with Gasteiger partial charge in [0.2, 0.25) is 0 Å². The predicted octanol–water partition coefficient (Wildman–Crippen LogP) is 9.18. The molecule has 0 saturated heterocycles. The van der Waals surface area contributed by atoms with E-state index in [1.807, 2.05) is 4.90 Å². The van der Waals surface area contributed by atoms with Gasteiger partial charge in [-0.3, -0.25) is 0 Å². The first-order chi connectivity index (χ1) is 28.8. The quantitative estimate of drug-likeness (QED) is 0.0818. The van der Waals surface area contributed by atoms with E-state index in [0.29, 0.717) is 11.1 Å². The van der Waals surface area contributed by atoms with Crippen LogP contribution in [0.3, 0.4) is 0 Å². The van der Waals surface area contributed by atoms with Crippen molar-refractivity contribution in [2.75, 3.05) is 6.54 Å². The van der Waals surface area contributed by atoms with E-state index in [-0.39, 0.29) is 0 Å². The Balaban J connectivity index is 0.000000355. The Labute approximate surface area is 339 Å². The molecule has 2 aliphatic rings. The molecular weight excluding hydrogens is 885 g/mol. The van der Waals surface area contributed by atoms with Crippen LogP contribution in [0, 0.1) is 116 Å². The molecule has 0 aliphatic heterocycles. The zero-order valence-corrected chi connectivity index (χ0v) is 32.4. The minimum Gasteiger partial charge on any atom is -0.326 e. The summed E-state index contributed by atoms with van der Waals surface area (Å²) in [5.74, 6) is -71.4. The Kier molecular flexibility index (Phi) is 13.8. The third kappa shape index (κ3) is 7.38. The second-order valence-corrected chi connectivity index (χ2v) is 15.9. The van der Waals surface area contributed by atoms with Gasteiger partial charge in [0.25, 0.3) is 0 Å². The summed E-state index contributed by atoms with van der Waals surface area (Å²) in [6, 6.07) is 0. The van der Waals surface area contributed by atoms with Crippen molar-refractivity contribution in [3.05, 3.63) is 116 Å². The molecule has 4 aromatic carbocycles. The van der Waals surface area contributed by atoms with Gasteiger partial charge in [0.15, 0.2) is 69.8 Å². The second-order valence-electron chi connectivity index (χ2n) is 15.9. The summed E-state index contributed by atoms with van der Waals surface area (Å²) in [6.45, 7) is 8.89. The van der Waals surface area contributed by atoms with Gasteiger partial charge in [-0.05, 0) is 46.5 Å². The standard InChI is InChI=1S/C24BF20.C16H31N/c26-5-1(6(27)14(35)21(42)13(5)34)25(2-7(28)15(36)22(43)16(37)8(2)29,3-9(30)17(38)23(44)18(39)10(3)31)4-11(32)19(40)24(45)20(41)12(4)33;1-4-17(15(2)11-7-5-8-12-15)16(3)13-9-6-10-14-16/h;4-14H2,1-3H3/q-1;/p+1. The lowest BCUT2D eigenvalue weighted by molar-refractivity contribution is -0.998. The maximum absolute atomic E-state index is 15.4. The van der Waals surface area contributed by atoms with Gasteiger partial charge in [-0.15, -0.1) is 21.9 Å². The van der Waals surface area contributed by atoms with Crippen LogP contribution in [-0.2, 0) is 0 Å². The molecule has 4 aromatic rings. The number of nitrogens with one attached hydrogen (secondary N) is 1. The summed E-state index contributed by atoms with van der Waals surface area (Å²) in [6.07, 6.45) is 7.46. The van der Waals surface area contributed by atoms with Crippen molar-refractivity contribution in [2.24, 2.45) is 0 Å². The maximum Gasteiger partial charge on any atom is 0.200 e. The largest absolute Gasteiger partial charge is 0.326 e. The molecule has 0 heterocycles. The van der Waals surface area contributed by atoms with Gasteiger partial charge in [0, 0.05) is 25.7 Å². The molecule has 0 aromatic heterocycles. The fraction of sp³-hybridized carbons (Fsp3) is 0.400. The number of hydrogen-bond donors (Lipinski definition) is 1. The maximum atomic E-state index is 15.4. The van der Waals surface area contributed by atoms with E-state index in [2.05, 4.69) is 20.8 Å². The molecule has 2 fully saturated rings. The van der Waals surface area contributed by atoms with E-state index < -0.39 is 144 Å². The van der Waals surface area contributed by atoms with Crippen molar-refractivity contribution in [1.82, 2.24) is 0 Å². The van der Waals surface area contributed by atoms with Crippen LogP contribution in [0.15, 0.2) is 0 Å². The smallest absolute Gasteiger partial charge is 0.200 e. The Morgan fingerprint density at radius 2 is 0.468 bits per heavy atom. The molecule has 0 radical (unpaired) electrons. The van der Waals surface area contributed by atoms with Gasteiger partial charge >= 0.3 is 0 Å². The lowest BCUT2D eigenvalue weighted by Crippen LogP contribution is -3.26. The zero-order valence-electron chi connectivity index (χ0n) is 32.4. The summed E-state index contributed by atoms with van der Waals surface area (Å²) in [5, 5.41) is 0. The van der Waals surface area contributed by atoms with Crippen molar-refractivity contribution < 1.29 is 92.7 Å². The highest BCUT2D eigenvalue weighted by molar-refractivity contribution is 7.20. The second kappa shape index (κ2) is 17.6. The van der Waals surface area contributed by atoms with E-state index in [1.54, 1.807) is 0 Å². The van der Waals surface area contributed by atoms with E-state index in [4.69, 9.17) is 0 Å². The molecule has 340 valence electrons. The highest BCUT2D eigenvalue weighted by atomic mass is 19.2. The molecule has 0 spiro atoms. The zero-order chi connectivity index (χ0) is 46.7. The van der Waals surface area contributed by atoms with Crippen molar-refractivity contribution in [3.63, 3.8) is 0 Å². The molecule has 1 nitrogen and oxygen atoms in total. The fourth-order valence-electron chi connectivity index (χ4n) is 9.72. The average Bonchev–Trinajstić information content (AvgIpc) is 3.24. The van der Waals surface area contributed by atoms with Gasteiger partial charge in [-0.2, -0.15) is 0 Å². The summed E-state index contributed by atoms with van der Waals surface area (Å²) < 4.78 is 294. The number of benzene rings is 4. The van der Waals surface area contributed by atoms with E-state index in [9.17, 15) is 52.7 Å². The summed E-state index contributed by atoms with van der Waals surface area (Å²) in [7, 11) is 0.